The summed E-state index contributed by atoms with van der Waals surface area (Å²) in [7, 11) is 0. The molecule has 39 heavy (non-hydrogen) atoms. The quantitative estimate of drug-likeness (QED) is 0.380. The van der Waals surface area contributed by atoms with E-state index in [4.69, 9.17) is 17.0 Å². The smallest absolute Gasteiger partial charge is 0.252 e. The molecule has 0 aliphatic carbocycles. The Bertz CT molecular complexity index is 1090. The highest BCUT2D eigenvalue weighted by Crippen LogP contribution is 2.23. The summed E-state index contributed by atoms with van der Waals surface area (Å²) in [5, 5.41) is 3.45. The Morgan fingerprint density at radius 2 is 1.67 bits per heavy atom. The molecule has 8 nitrogen and oxygen atoms in total. The number of ether oxygens (including phenoxy) is 1. The number of thiocarbonyl (C=S) groups is 1. The second kappa shape index (κ2) is 14.4. The number of likely N-dealkylation sites (N-methyl/N-ethyl adjacent to an activating group) is 1. The zero-order valence-corrected chi connectivity index (χ0v) is 24.0. The standard InChI is InChI=1S/C30H41N5O3S/c1-3-21-38-26-13-11-25(12-14-26)31-28(36)22-27-29(37)34(4-2)30(39)35(27)16-8-15-32-17-19-33(20-18-32)23-24-9-6-5-7-10-24/h5-7,9-14,27H,3-4,8,15-23H2,1-2H3,(H,31,36)/t27-/m0/s1. The van der Waals surface area contributed by atoms with E-state index in [1.165, 1.54) is 5.56 Å². The number of nitrogens with one attached hydrogen (secondary N) is 1. The van der Waals surface area contributed by atoms with Gasteiger partial charge >= 0.3 is 0 Å². The maximum absolute atomic E-state index is 13.1. The van der Waals surface area contributed by atoms with Gasteiger partial charge in [-0.05, 0) is 68.4 Å². The molecule has 0 saturated carbocycles. The average Bonchev–Trinajstić information content (AvgIpc) is 3.17. The van der Waals surface area contributed by atoms with Crippen LogP contribution in [0, 0.1) is 0 Å². The Balaban J connectivity index is 1.25. The monoisotopic (exact) mass is 551 g/mol. The molecule has 2 aromatic carbocycles. The number of anilines is 1. The summed E-state index contributed by atoms with van der Waals surface area (Å²) in [6.07, 6.45) is 1.90. The van der Waals surface area contributed by atoms with Crippen LogP contribution in [-0.4, -0.2) is 95.0 Å². The molecule has 4 rings (SSSR count). The van der Waals surface area contributed by atoms with Crippen LogP contribution >= 0.6 is 12.2 Å². The van der Waals surface area contributed by atoms with E-state index in [2.05, 4.69) is 52.4 Å². The highest BCUT2D eigenvalue weighted by Gasteiger charge is 2.42. The second-order valence-electron chi connectivity index (χ2n) is 10.2. The predicted molar refractivity (Wildman–Crippen MR) is 159 cm³/mol. The molecular weight excluding hydrogens is 510 g/mol. The fourth-order valence-electron chi connectivity index (χ4n) is 5.16. The van der Waals surface area contributed by atoms with E-state index in [1.54, 1.807) is 4.90 Å². The van der Waals surface area contributed by atoms with E-state index >= 15 is 0 Å². The van der Waals surface area contributed by atoms with Gasteiger partial charge in [0.25, 0.3) is 5.91 Å². The summed E-state index contributed by atoms with van der Waals surface area (Å²) in [6, 6.07) is 17.4. The summed E-state index contributed by atoms with van der Waals surface area (Å²) in [4.78, 5) is 34.6. The van der Waals surface area contributed by atoms with Crippen LogP contribution in [0.15, 0.2) is 54.6 Å². The van der Waals surface area contributed by atoms with Crippen LogP contribution in [0.2, 0.25) is 0 Å². The number of piperazine rings is 1. The minimum absolute atomic E-state index is 0.0712. The summed E-state index contributed by atoms with van der Waals surface area (Å²) in [5.74, 6) is 0.486. The van der Waals surface area contributed by atoms with Crippen molar-refractivity contribution in [2.24, 2.45) is 0 Å². The van der Waals surface area contributed by atoms with Gasteiger partial charge in [-0.15, -0.1) is 0 Å². The van der Waals surface area contributed by atoms with Gasteiger partial charge in [0.1, 0.15) is 11.8 Å². The Hall–Kier alpha value is -3.01. The second-order valence-corrected chi connectivity index (χ2v) is 10.5. The van der Waals surface area contributed by atoms with Gasteiger partial charge in [0.05, 0.1) is 13.0 Å². The average molecular weight is 552 g/mol. The lowest BCUT2D eigenvalue weighted by Gasteiger charge is -2.35. The van der Waals surface area contributed by atoms with Crippen molar-refractivity contribution in [1.82, 2.24) is 19.6 Å². The Morgan fingerprint density at radius 3 is 2.33 bits per heavy atom. The molecule has 1 N–H and O–H groups in total. The van der Waals surface area contributed by atoms with Gasteiger partial charge in [0, 0.05) is 51.5 Å². The van der Waals surface area contributed by atoms with Crippen LogP contribution in [0.1, 0.15) is 38.7 Å². The number of benzene rings is 2. The first-order chi connectivity index (χ1) is 19.0. The van der Waals surface area contributed by atoms with E-state index in [9.17, 15) is 9.59 Å². The molecule has 0 radical (unpaired) electrons. The maximum Gasteiger partial charge on any atom is 0.252 e. The van der Waals surface area contributed by atoms with Gasteiger partial charge in [-0.25, -0.2) is 0 Å². The highest BCUT2D eigenvalue weighted by atomic mass is 32.1. The number of carbonyl (C=O) groups is 2. The molecule has 0 aromatic heterocycles. The topological polar surface area (TPSA) is 68.4 Å². The number of rotatable bonds is 13. The van der Waals surface area contributed by atoms with Crippen LogP contribution in [0.5, 0.6) is 5.75 Å². The molecule has 2 fully saturated rings. The molecule has 0 spiro atoms. The van der Waals surface area contributed by atoms with Gasteiger partial charge in [0.15, 0.2) is 5.11 Å². The molecule has 9 heteroatoms. The first-order valence-corrected chi connectivity index (χ1v) is 14.5. The van der Waals surface area contributed by atoms with Crippen LogP contribution in [-0.2, 0) is 16.1 Å². The Kier molecular flexibility index (Phi) is 10.7. The van der Waals surface area contributed by atoms with Crippen LogP contribution in [0.4, 0.5) is 5.69 Å². The van der Waals surface area contributed by atoms with Crippen molar-refractivity contribution < 1.29 is 14.3 Å². The van der Waals surface area contributed by atoms with Crippen molar-refractivity contribution in [1.29, 1.82) is 0 Å². The summed E-state index contributed by atoms with van der Waals surface area (Å²) < 4.78 is 5.61. The zero-order valence-electron chi connectivity index (χ0n) is 23.2. The number of amides is 2. The van der Waals surface area contributed by atoms with Gasteiger partial charge in [-0.3, -0.25) is 19.4 Å². The molecule has 2 aliphatic rings. The minimum atomic E-state index is -0.563. The number of hydrogen-bond acceptors (Lipinski definition) is 6. The van der Waals surface area contributed by atoms with Crippen molar-refractivity contribution in [3.8, 4) is 5.75 Å². The first-order valence-electron chi connectivity index (χ1n) is 14.1. The third-order valence-corrected chi connectivity index (χ3v) is 7.75. The molecule has 2 saturated heterocycles. The van der Waals surface area contributed by atoms with Crippen molar-refractivity contribution in [3.05, 3.63) is 60.2 Å². The van der Waals surface area contributed by atoms with Gasteiger partial charge < -0.3 is 19.9 Å². The zero-order chi connectivity index (χ0) is 27.6. The maximum atomic E-state index is 13.1. The lowest BCUT2D eigenvalue weighted by molar-refractivity contribution is -0.130. The van der Waals surface area contributed by atoms with Gasteiger partial charge in [-0.2, -0.15) is 0 Å². The molecular formula is C30H41N5O3S. The lowest BCUT2D eigenvalue weighted by atomic mass is 10.1. The van der Waals surface area contributed by atoms with Crippen molar-refractivity contribution >= 4 is 34.8 Å². The molecule has 2 aromatic rings. The summed E-state index contributed by atoms with van der Waals surface area (Å²) >= 11 is 5.66. The minimum Gasteiger partial charge on any atom is -0.494 e. The van der Waals surface area contributed by atoms with Gasteiger partial charge in [0.2, 0.25) is 5.91 Å². The molecule has 0 unspecified atom stereocenters. The SMILES string of the molecule is CCCOc1ccc(NC(=O)C[C@H]2C(=O)N(CC)C(=S)N2CCCN2CCN(Cc3ccccc3)CC2)cc1. The molecule has 2 aliphatic heterocycles. The van der Waals surface area contributed by atoms with Crippen LogP contribution in [0.3, 0.4) is 0 Å². The van der Waals surface area contributed by atoms with E-state index in [0.717, 1.165) is 57.9 Å². The van der Waals surface area contributed by atoms with E-state index in [0.29, 0.717) is 30.5 Å². The van der Waals surface area contributed by atoms with Crippen LogP contribution in [0.25, 0.3) is 0 Å². The molecule has 2 amide bonds. The highest BCUT2D eigenvalue weighted by molar-refractivity contribution is 7.80. The molecule has 0 bridgehead atoms. The first kappa shape index (κ1) is 29.0. The van der Waals surface area contributed by atoms with Gasteiger partial charge in [-0.1, -0.05) is 37.3 Å². The fraction of sp³-hybridized carbons (Fsp3) is 0.500. The van der Waals surface area contributed by atoms with E-state index in [-0.39, 0.29) is 18.2 Å². The number of hydrogen-bond donors (Lipinski definition) is 1. The van der Waals surface area contributed by atoms with Crippen molar-refractivity contribution in [2.45, 2.75) is 45.7 Å². The summed E-state index contributed by atoms with van der Waals surface area (Å²) in [6.45, 7) is 11.9. The Morgan fingerprint density at radius 1 is 0.974 bits per heavy atom. The number of carbonyl (C=O) groups excluding carboxylic acids is 2. The lowest BCUT2D eigenvalue weighted by Crippen LogP contribution is -2.47. The molecule has 210 valence electrons. The Labute approximate surface area is 237 Å². The summed E-state index contributed by atoms with van der Waals surface area (Å²) in [5.41, 5.74) is 2.04. The van der Waals surface area contributed by atoms with Crippen molar-refractivity contribution in [2.75, 3.05) is 57.7 Å². The van der Waals surface area contributed by atoms with Crippen LogP contribution < -0.4 is 10.1 Å². The third kappa shape index (κ3) is 8.00. The number of nitrogens with zero attached hydrogens (tertiary/aromatic N) is 4. The normalized spacial score (nSPS) is 18.6. The fourth-order valence-corrected chi connectivity index (χ4v) is 5.59. The van der Waals surface area contributed by atoms with Crippen molar-refractivity contribution in [3.63, 3.8) is 0 Å². The van der Waals surface area contributed by atoms with E-state index < -0.39 is 6.04 Å². The third-order valence-electron chi connectivity index (χ3n) is 7.30. The van der Waals surface area contributed by atoms with E-state index in [1.807, 2.05) is 36.1 Å². The predicted octanol–water partition coefficient (Wildman–Crippen LogP) is 3.83. The molecule has 2 heterocycles. The largest absolute Gasteiger partial charge is 0.494 e. The molecule has 1 atom stereocenters.